The third-order valence-corrected chi connectivity index (χ3v) is 3.66. The smallest absolute Gasteiger partial charge is 0.305 e. The average Bonchev–Trinajstić information content (AvgIpc) is 2.91. The van der Waals surface area contributed by atoms with E-state index in [1.807, 2.05) is 18.2 Å². The van der Waals surface area contributed by atoms with Crippen LogP contribution in [0.2, 0.25) is 0 Å². The van der Waals surface area contributed by atoms with E-state index in [0.29, 0.717) is 5.56 Å². The first-order valence-electron chi connectivity index (χ1n) is 7.20. The van der Waals surface area contributed by atoms with Gasteiger partial charge in [0.05, 0.1) is 6.42 Å². The number of benzene rings is 1. The van der Waals surface area contributed by atoms with Crippen LogP contribution in [0.5, 0.6) is 0 Å². The van der Waals surface area contributed by atoms with E-state index in [-0.39, 0.29) is 37.5 Å². The van der Waals surface area contributed by atoms with Gasteiger partial charge in [0.1, 0.15) is 0 Å². The van der Waals surface area contributed by atoms with Gasteiger partial charge in [-0.3, -0.25) is 14.4 Å². The Morgan fingerprint density at radius 2 is 1.81 bits per heavy atom. The van der Waals surface area contributed by atoms with Crippen molar-refractivity contribution >= 4 is 17.7 Å². The summed E-state index contributed by atoms with van der Waals surface area (Å²) >= 11 is 0. The first-order chi connectivity index (χ1) is 10.1. The molecule has 112 valence electrons. The Balaban J connectivity index is 1.79. The zero-order valence-electron chi connectivity index (χ0n) is 11.9. The molecule has 1 aromatic carbocycles. The van der Waals surface area contributed by atoms with Crippen molar-refractivity contribution in [1.29, 1.82) is 0 Å². The molecule has 0 radical (unpaired) electrons. The van der Waals surface area contributed by atoms with E-state index in [2.05, 4.69) is 5.32 Å². The Labute approximate surface area is 123 Å². The van der Waals surface area contributed by atoms with Crippen molar-refractivity contribution in [3.63, 3.8) is 0 Å². The van der Waals surface area contributed by atoms with E-state index in [4.69, 9.17) is 5.11 Å². The standard InChI is InChI=1S/C16H19NO4/c18-14(6-7-15(19)17-9-8-16(20)21)13-5-4-11-2-1-3-12(11)10-13/h4-5,10H,1-3,6-9H2,(H,17,19)(H,20,21). The van der Waals surface area contributed by atoms with Crippen LogP contribution in [0.25, 0.3) is 0 Å². The topological polar surface area (TPSA) is 83.5 Å². The maximum absolute atomic E-state index is 12.1. The van der Waals surface area contributed by atoms with Crippen LogP contribution in [-0.4, -0.2) is 29.3 Å². The van der Waals surface area contributed by atoms with Crippen LogP contribution in [0, 0.1) is 0 Å². The van der Waals surface area contributed by atoms with Crippen molar-refractivity contribution in [1.82, 2.24) is 5.32 Å². The van der Waals surface area contributed by atoms with Crippen LogP contribution in [0.1, 0.15) is 47.2 Å². The minimum Gasteiger partial charge on any atom is -0.481 e. The summed E-state index contributed by atoms with van der Waals surface area (Å²) in [6.45, 7) is 0.0984. The number of Topliss-reactive ketones (excluding diaryl/α,β-unsaturated/α-hetero) is 1. The summed E-state index contributed by atoms with van der Waals surface area (Å²) < 4.78 is 0. The second-order valence-corrected chi connectivity index (χ2v) is 5.25. The van der Waals surface area contributed by atoms with E-state index < -0.39 is 5.97 Å². The molecule has 0 aliphatic heterocycles. The summed E-state index contributed by atoms with van der Waals surface area (Å²) in [5, 5.41) is 11.0. The number of rotatable bonds is 7. The van der Waals surface area contributed by atoms with Crippen LogP contribution >= 0.6 is 0 Å². The van der Waals surface area contributed by atoms with Crippen LogP contribution < -0.4 is 5.32 Å². The molecule has 1 aliphatic rings. The highest BCUT2D eigenvalue weighted by Gasteiger charge is 2.14. The second kappa shape index (κ2) is 7.02. The molecule has 0 fully saturated rings. The molecule has 1 amide bonds. The number of aliphatic carboxylic acids is 1. The molecular formula is C16H19NO4. The molecule has 0 heterocycles. The third kappa shape index (κ3) is 4.41. The lowest BCUT2D eigenvalue weighted by Crippen LogP contribution is -2.26. The second-order valence-electron chi connectivity index (χ2n) is 5.25. The van der Waals surface area contributed by atoms with Crippen molar-refractivity contribution in [3.8, 4) is 0 Å². The van der Waals surface area contributed by atoms with Gasteiger partial charge in [-0.1, -0.05) is 12.1 Å². The molecule has 5 heteroatoms. The molecule has 0 unspecified atom stereocenters. The predicted octanol–water partition coefficient (Wildman–Crippen LogP) is 1.73. The predicted molar refractivity (Wildman–Crippen MR) is 77.3 cm³/mol. The molecule has 5 nitrogen and oxygen atoms in total. The fourth-order valence-electron chi connectivity index (χ4n) is 2.51. The number of fused-ring (bicyclic) bond motifs is 1. The normalized spacial score (nSPS) is 12.8. The number of ketones is 1. The summed E-state index contributed by atoms with van der Waals surface area (Å²) in [5.74, 6) is -1.28. The Kier molecular flexibility index (Phi) is 5.09. The van der Waals surface area contributed by atoms with E-state index in [0.717, 1.165) is 19.3 Å². The summed E-state index contributed by atoms with van der Waals surface area (Å²) in [6, 6.07) is 5.77. The van der Waals surface area contributed by atoms with Gasteiger partial charge in [-0.2, -0.15) is 0 Å². The number of hydrogen-bond acceptors (Lipinski definition) is 3. The highest BCUT2D eigenvalue weighted by Crippen LogP contribution is 2.23. The maximum atomic E-state index is 12.1. The number of amides is 1. The number of carboxylic acids is 1. The van der Waals surface area contributed by atoms with Gasteiger partial charge in [0.2, 0.25) is 5.91 Å². The Bertz CT molecular complexity index is 565. The highest BCUT2D eigenvalue weighted by molar-refractivity contribution is 5.98. The SMILES string of the molecule is O=C(O)CCNC(=O)CCC(=O)c1ccc2c(c1)CCC2. The zero-order chi connectivity index (χ0) is 15.2. The highest BCUT2D eigenvalue weighted by atomic mass is 16.4. The number of carbonyl (C=O) groups is 3. The third-order valence-electron chi connectivity index (χ3n) is 3.66. The summed E-state index contributed by atoms with van der Waals surface area (Å²) in [5.41, 5.74) is 3.22. The van der Waals surface area contributed by atoms with Crippen molar-refractivity contribution in [3.05, 3.63) is 34.9 Å². The van der Waals surface area contributed by atoms with E-state index in [9.17, 15) is 14.4 Å². The number of carbonyl (C=O) groups excluding carboxylic acids is 2. The Hall–Kier alpha value is -2.17. The molecule has 1 aromatic rings. The lowest BCUT2D eigenvalue weighted by Gasteiger charge is -2.05. The lowest BCUT2D eigenvalue weighted by molar-refractivity contribution is -0.136. The first-order valence-corrected chi connectivity index (χ1v) is 7.20. The molecule has 0 saturated carbocycles. The van der Waals surface area contributed by atoms with Crippen molar-refractivity contribution in [2.24, 2.45) is 0 Å². The minimum atomic E-state index is -0.954. The van der Waals surface area contributed by atoms with Gasteiger partial charge in [-0.05, 0) is 36.5 Å². The molecule has 1 aliphatic carbocycles. The van der Waals surface area contributed by atoms with Gasteiger partial charge in [0.15, 0.2) is 5.78 Å². The molecule has 21 heavy (non-hydrogen) atoms. The summed E-state index contributed by atoms with van der Waals surface area (Å²) in [4.78, 5) is 33.9. The molecule has 0 aromatic heterocycles. The van der Waals surface area contributed by atoms with Gasteiger partial charge in [0, 0.05) is 24.9 Å². The van der Waals surface area contributed by atoms with Crippen LogP contribution in [-0.2, 0) is 22.4 Å². The van der Waals surface area contributed by atoms with Crippen LogP contribution in [0.3, 0.4) is 0 Å². The van der Waals surface area contributed by atoms with E-state index in [1.165, 1.54) is 11.1 Å². The van der Waals surface area contributed by atoms with Crippen LogP contribution in [0.15, 0.2) is 18.2 Å². The van der Waals surface area contributed by atoms with E-state index in [1.54, 1.807) is 0 Å². The number of nitrogens with one attached hydrogen (secondary N) is 1. The Morgan fingerprint density at radius 3 is 2.57 bits per heavy atom. The van der Waals surface area contributed by atoms with Gasteiger partial charge >= 0.3 is 5.97 Å². The zero-order valence-corrected chi connectivity index (χ0v) is 11.9. The largest absolute Gasteiger partial charge is 0.481 e. The fourth-order valence-corrected chi connectivity index (χ4v) is 2.51. The molecule has 0 bridgehead atoms. The lowest BCUT2D eigenvalue weighted by atomic mass is 10.0. The fraction of sp³-hybridized carbons (Fsp3) is 0.438. The number of carboxylic acid groups (broad SMARTS) is 1. The first kappa shape index (κ1) is 15.2. The summed E-state index contributed by atoms with van der Waals surface area (Å²) in [6.07, 6.45) is 3.37. The molecule has 2 N–H and O–H groups in total. The number of hydrogen-bond donors (Lipinski definition) is 2. The van der Waals surface area contributed by atoms with Crippen molar-refractivity contribution < 1.29 is 19.5 Å². The monoisotopic (exact) mass is 289 g/mol. The molecule has 0 saturated heterocycles. The van der Waals surface area contributed by atoms with Gasteiger partial charge in [-0.15, -0.1) is 0 Å². The maximum Gasteiger partial charge on any atom is 0.305 e. The molecule has 0 atom stereocenters. The van der Waals surface area contributed by atoms with Crippen molar-refractivity contribution in [2.75, 3.05) is 6.54 Å². The van der Waals surface area contributed by atoms with Gasteiger partial charge in [-0.25, -0.2) is 0 Å². The minimum absolute atomic E-state index is 0.0434. The van der Waals surface area contributed by atoms with E-state index >= 15 is 0 Å². The van der Waals surface area contributed by atoms with Gasteiger partial charge < -0.3 is 10.4 Å². The molecule has 0 spiro atoms. The number of aryl methyl sites for hydroxylation is 2. The van der Waals surface area contributed by atoms with Crippen LogP contribution in [0.4, 0.5) is 0 Å². The quantitative estimate of drug-likeness (QED) is 0.749. The Morgan fingerprint density at radius 1 is 1.05 bits per heavy atom. The molecule has 2 rings (SSSR count). The summed E-state index contributed by atoms with van der Waals surface area (Å²) in [7, 11) is 0. The average molecular weight is 289 g/mol. The molecular weight excluding hydrogens is 270 g/mol. The van der Waals surface area contributed by atoms with Crippen molar-refractivity contribution in [2.45, 2.75) is 38.5 Å². The van der Waals surface area contributed by atoms with Gasteiger partial charge in [0.25, 0.3) is 0 Å².